The van der Waals surface area contributed by atoms with E-state index in [9.17, 15) is 9.59 Å². The number of nitrogens with zero attached hydrogens (tertiary/aromatic N) is 4. The van der Waals surface area contributed by atoms with E-state index in [2.05, 4.69) is 25.7 Å². The smallest absolute Gasteiger partial charge is 0.343 e. The molecular weight excluding hydrogens is 432 g/mol. The van der Waals surface area contributed by atoms with Gasteiger partial charge in [0, 0.05) is 11.9 Å². The third-order valence-corrected chi connectivity index (χ3v) is 5.36. The maximum Gasteiger partial charge on any atom is 0.343 e. The third-order valence-electron chi connectivity index (χ3n) is 5.36. The summed E-state index contributed by atoms with van der Waals surface area (Å²) in [4.78, 5) is 34.1. The summed E-state index contributed by atoms with van der Waals surface area (Å²) in [6.07, 6.45) is 3.04. The fourth-order valence-electron chi connectivity index (χ4n) is 3.77. The molecular formula is C25H20N6O3. The Morgan fingerprint density at radius 2 is 1.74 bits per heavy atom. The molecule has 0 spiro atoms. The van der Waals surface area contributed by atoms with E-state index in [0.29, 0.717) is 34.3 Å². The van der Waals surface area contributed by atoms with Crippen molar-refractivity contribution in [2.24, 2.45) is 0 Å². The van der Waals surface area contributed by atoms with Gasteiger partial charge >= 0.3 is 5.97 Å². The molecule has 2 aromatic heterocycles. The van der Waals surface area contributed by atoms with Gasteiger partial charge in [0.05, 0.1) is 11.1 Å². The maximum absolute atomic E-state index is 13.3. The summed E-state index contributed by atoms with van der Waals surface area (Å²) in [5.74, 6) is 0.607. The first-order valence-corrected chi connectivity index (χ1v) is 10.6. The van der Waals surface area contributed by atoms with Crippen molar-refractivity contribution in [1.82, 2.24) is 19.7 Å². The van der Waals surface area contributed by atoms with Gasteiger partial charge < -0.3 is 15.4 Å². The van der Waals surface area contributed by atoms with Crippen molar-refractivity contribution in [1.29, 1.82) is 0 Å². The quantitative estimate of drug-likeness (QED) is 0.350. The zero-order valence-corrected chi connectivity index (χ0v) is 18.2. The van der Waals surface area contributed by atoms with Crippen molar-refractivity contribution >= 4 is 23.6 Å². The third kappa shape index (κ3) is 4.14. The number of carbonyl (C=O) groups excluding carboxylic acids is 2. The van der Waals surface area contributed by atoms with Crippen LogP contribution in [0.25, 0.3) is 0 Å². The molecule has 5 rings (SSSR count). The Bertz CT molecular complexity index is 1360. The van der Waals surface area contributed by atoms with Crippen LogP contribution in [0.5, 0.6) is 5.75 Å². The number of allylic oxidation sites excluding steroid dienone is 1. The Balaban J connectivity index is 1.44. The molecule has 0 saturated carbocycles. The van der Waals surface area contributed by atoms with Gasteiger partial charge in [-0.3, -0.25) is 4.79 Å². The lowest BCUT2D eigenvalue weighted by molar-refractivity contribution is -0.113. The highest BCUT2D eigenvalue weighted by molar-refractivity contribution is 6.05. The number of rotatable bonds is 5. The van der Waals surface area contributed by atoms with Crippen LogP contribution < -0.4 is 15.4 Å². The average Bonchev–Trinajstić information content (AvgIpc) is 3.33. The molecule has 1 amide bonds. The summed E-state index contributed by atoms with van der Waals surface area (Å²) in [7, 11) is 0. The lowest BCUT2D eigenvalue weighted by Gasteiger charge is -2.28. The minimum Gasteiger partial charge on any atom is -0.423 e. The molecule has 9 nitrogen and oxygen atoms in total. The van der Waals surface area contributed by atoms with Crippen LogP contribution in [0.3, 0.4) is 0 Å². The standard InChI is InChI=1S/C25H20N6O3/c1-16-21(23(32)30-20-9-5-6-14-26-20)22(31-25(29-16)27-15-28-31)17-10-12-19(13-11-17)34-24(33)18-7-3-2-4-8-18/h2-15,22H,1H3,(H,26,30,32)(H,27,28,29)/t22-/m1/s1. The van der Waals surface area contributed by atoms with Crippen LogP contribution in [-0.4, -0.2) is 31.6 Å². The SMILES string of the molecule is CC1=C(C(=O)Nc2ccccn2)[C@@H](c2ccc(OC(=O)c3ccccc3)cc2)n2ncnc2N1. The molecule has 3 heterocycles. The Hall–Kier alpha value is -4.79. The van der Waals surface area contributed by atoms with Crippen LogP contribution in [0.1, 0.15) is 28.9 Å². The number of ether oxygens (including phenoxy) is 1. The molecule has 1 aliphatic rings. The summed E-state index contributed by atoms with van der Waals surface area (Å²) in [6.45, 7) is 1.81. The fourth-order valence-corrected chi connectivity index (χ4v) is 3.77. The van der Waals surface area contributed by atoms with Gasteiger partial charge in [-0.2, -0.15) is 10.1 Å². The molecule has 0 radical (unpaired) electrons. The van der Waals surface area contributed by atoms with E-state index < -0.39 is 12.0 Å². The molecule has 9 heteroatoms. The lowest BCUT2D eigenvalue weighted by atomic mass is 9.95. The summed E-state index contributed by atoms with van der Waals surface area (Å²) in [6, 6.07) is 20.5. The van der Waals surface area contributed by atoms with E-state index in [1.165, 1.54) is 6.33 Å². The highest BCUT2D eigenvalue weighted by atomic mass is 16.5. The Morgan fingerprint density at radius 3 is 2.47 bits per heavy atom. The molecule has 1 atom stereocenters. The molecule has 4 aromatic rings. The number of hydrogen-bond acceptors (Lipinski definition) is 7. The summed E-state index contributed by atoms with van der Waals surface area (Å²) >= 11 is 0. The number of pyridine rings is 1. The first-order valence-electron chi connectivity index (χ1n) is 10.6. The first kappa shape index (κ1) is 21.1. The van der Waals surface area contributed by atoms with E-state index in [4.69, 9.17) is 4.74 Å². The second-order valence-electron chi connectivity index (χ2n) is 7.59. The van der Waals surface area contributed by atoms with Crippen molar-refractivity contribution < 1.29 is 14.3 Å². The van der Waals surface area contributed by atoms with Gasteiger partial charge in [-0.15, -0.1) is 0 Å². The number of carbonyl (C=O) groups is 2. The first-order chi connectivity index (χ1) is 16.6. The second-order valence-corrected chi connectivity index (χ2v) is 7.59. The molecule has 34 heavy (non-hydrogen) atoms. The molecule has 2 N–H and O–H groups in total. The van der Waals surface area contributed by atoms with Crippen LogP contribution in [-0.2, 0) is 4.79 Å². The molecule has 2 aromatic carbocycles. The van der Waals surface area contributed by atoms with Crippen LogP contribution >= 0.6 is 0 Å². The van der Waals surface area contributed by atoms with Crippen LogP contribution in [0.4, 0.5) is 11.8 Å². The van der Waals surface area contributed by atoms with Crippen LogP contribution in [0.2, 0.25) is 0 Å². The van der Waals surface area contributed by atoms with E-state index in [1.807, 2.05) is 13.0 Å². The lowest BCUT2D eigenvalue weighted by Crippen LogP contribution is -2.31. The maximum atomic E-state index is 13.3. The van der Waals surface area contributed by atoms with E-state index in [1.54, 1.807) is 77.6 Å². The number of amides is 1. The largest absolute Gasteiger partial charge is 0.423 e. The molecule has 0 aliphatic carbocycles. The van der Waals surface area contributed by atoms with Crippen molar-refractivity contribution in [3.8, 4) is 5.75 Å². The Morgan fingerprint density at radius 1 is 0.971 bits per heavy atom. The van der Waals surface area contributed by atoms with E-state index >= 15 is 0 Å². The number of anilines is 2. The predicted octanol–water partition coefficient (Wildman–Crippen LogP) is 3.82. The van der Waals surface area contributed by atoms with E-state index in [0.717, 1.165) is 5.56 Å². The number of nitrogens with one attached hydrogen (secondary N) is 2. The predicted molar refractivity (Wildman–Crippen MR) is 125 cm³/mol. The normalized spacial score (nSPS) is 14.7. The van der Waals surface area contributed by atoms with Crippen LogP contribution in [0.15, 0.2) is 96.6 Å². The monoisotopic (exact) mass is 452 g/mol. The average molecular weight is 452 g/mol. The fraction of sp³-hybridized carbons (Fsp3) is 0.0800. The molecule has 0 bridgehead atoms. The Kier molecular flexibility index (Phi) is 5.57. The number of esters is 1. The minimum atomic E-state index is -0.540. The number of benzene rings is 2. The second kappa shape index (κ2) is 8.99. The summed E-state index contributed by atoms with van der Waals surface area (Å²) in [5, 5.41) is 10.3. The van der Waals surface area contributed by atoms with Crippen molar-refractivity contribution in [3.05, 3.63) is 108 Å². The molecule has 168 valence electrons. The Labute approximate surface area is 195 Å². The van der Waals surface area contributed by atoms with Gasteiger partial charge in [0.1, 0.15) is 23.9 Å². The number of aromatic nitrogens is 4. The van der Waals surface area contributed by atoms with Gasteiger partial charge in [-0.1, -0.05) is 36.4 Å². The molecule has 0 fully saturated rings. The molecule has 0 saturated heterocycles. The number of hydrogen-bond donors (Lipinski definition) is 2. The van der Waals surface area contributed by atoms with E-state index in [-0.39, 0.29) is 5.91 Å². The zero-order chi connectivity index (χ0) is 23.5. The van der Waals surface area contributed by atoms with Crippen molar-refractivity contribution in [2.75, 3.05) is 10.6 Å². The van der Waals surface area contributed by atoms with Crippen molar-refractivity contribution in [2.45, 2.75) is 13.0 Å². The van der Waals surface area contributed by atoms with Crippen molar-refractivity contribution in [3.63, 3.8) is 0 Å². The molecule has 0 unspecified atom stereocenters. The zero-order valence-electron chi connectivity index (χ0n) is 18.2. The van der Waals surface area contributed by atoms with Gasteiger partial charge in [0.2, 0.25) is 5.95 Å². The topological polar surface area (TPSA) is 111 Å². The van der Waals surface area contributed by atoms with Gasteiger partial charge in [-0.05, 0) is 48.9 Å². The highest BCUT2D eigenvalue weighted by Crippen LogP contribution is 2.35. The van der Waals surface area contributed by atoms with Crippen LogP contribution in [0, 0.1) is 0 Å². The number of fused-ring (bicyclic) bond motifs is 1. The molecule has 1 aliphatic heterocycles. The highest BCUT2D eigenvalue weighted by Gasteiger charge is 2.33. The minimum absolute atomic E-state index is 0.311. The van der Waals surface area contributed by atoms with Gasteiger partial charge in [0.25, 0.3) is 5.91 Å². The van der Waals surface area contributed by atoms with Gasteiger partial charge in [-0.25, -0.2) is 14.5 Å². The van der Waals surface area contributed by atoms with Gasteiger partial charge in [0.15, 0.2) is 0 Å². The summed E-state index contributed by atoms with van der Waals surface area (Å²) in [5.41, 5.74) is 2.36. The summed E-state index contributed by atoms with van der Waals surface area (Å²) < 4.78 is 7.13.